The summed E-state index contributed by atoms with van der Waals surface area (Å²) in [5.74, 6) is 0.457. The van der Waals surface area contributed by atoms with Crippen molar-refractivity contribution in [1.82, 2.24) is 24.8 Å². The second-order valence-corrected chi connectivity index (χ2v) is 10.9. The summed E-state index contributed by atoms with van der Waals surface area (Å²) < 4.78 is 5.45. The van der Waals surface area contributed by atoms with Gasteiger partial charge in [0.25, 0.3) is 5.91 Å². The van der Waals surface area contributed by atoms with Crippen LogP contribution in [0.2, 0.25) is 5.15 Å². The molecule has 0 spiro atoms. The third-order valence-electron chi connectivity index (χ3n) is 6.81. The van der Waals surface area contributed by atoms with Gasteiger partial charge in [0.15, 0.2) is 5.13 Å². The van der Waals surface area contributed by atoms with Gasteiger partial charge in [0, 0.05) is 35.0 Å². The van der Waals surface area contributed by atoms with E-state index in [2.05, 4.69) is 39.3 Å². The van der Waals surface area contributed by atoms with Gasteiger partial charge in [-0.2, -0.15) is 0 Å². The number of halogens is 1. The first-order chi connectivity index (χ1) is 17.2. The number of ether oxygens (including phenoxy) is 1. The molecular formula is C25H27ClN6O3S. The van der Waals surface area contributed by atoms with Crippen molar-refractivity contribution in [2.75, 3.05) is 26.5 Å². The first-order valence-electron chi connectivity index (χ1n) is 11.6. The van der Waals surface area contributed by atoms with Crippen molar-refractivity contribution >= 4 is 39.9 Å². The van der Waals surface area contributed by atoms with Crippen LogP contribution in [0.25, 0.3) is 11.1 Å². The van der Waals surface area contributed by atoms with Crippen LogP contribution in [-0.2, 0) is 17.9 Å². The van der Waals surface area contributed by atoms with Crippen molar-refractivity contribution in [1.29, 1.82) is 0 Å². The Labute approximate surface area is 218 Å². The summed E-state index contributed by atoms with van der Waals surface area (Å²) in [7, 11) is 5.65. The van der Waals surface area contributed by atoms with Crippen molar-refractivity contribution < 1.29 is 14.3 Å². The number of nitrogens with zero attached hydrogens (tertiary/aromatic N) is 5. The van der Waals surface area contributed by atoms with Crippen molar-refractivity contribution in [2.24, 2.45) is 5.92 Å². The van der Waals surface area contributed by atoms with Gasteiger partial charge in [-0.3, -0.25) is 19.9 Å². The molecule has 1 aliphatic carbocycles. The van der Waals surface area contributed by atoms with E-state index in [4.69, 9.17) is 16.3 Å². The van der Waals surface area contributed by atoms with E-state index < -0.39 is 0 Å². The SMILES string of the molecule is COc1cnc(Cl)cc1-c1cc(C)ncc1C(=O)Nc1nc2c(s1)CN(C(=O)C1CC(N(C)C)C1)C2. The Hall–Kier alpha value is -3.08. The smallest absolute Gasteiger partial charge is 0.259 e. The van der Waals surface area contributed by atoms with Gasteiger partial charge in [0.1, 0.15) is 10.9 Å². The van der Waals surface area contributed by atoms with Gasteiger partial charge in [-0.1, -0.05) is 22.9 Å². The second kappa shape index (κ2) is 9.76. The van der Waals surface area contributed by atoms with Gasteiger partial charge in [0.05, 0.1) is 42.5 Å². The number of hydrogen-bond donors (Lipinski definition) is 1. The Morgan fingerprint density at radius 2 is 1.94 bits per heavy atom. The van der Waals surface area contributed by atoms with E-state index >= 15 is 0 Å². The molecule has 9 nitrogen and oxygen atoms in total. The molecule has 4 heterocycles. The van der Waals surface area contributed by atoms with Gasteiger partial charge in [-0.15, -0.1) is 0 Å². The van der Waals surface area contributed by atoms with Gasteiger partial charge in [0.2, 0.25) is 5.91 Å². The summed E-state index contributed by atoms with van der Waals surface area (Å²) in [4.78, 5) is 44.2. The van der Waals surface area contributed by atoms with Crippen LogP contribution in [0.4, 0.5) is 5.13 Å². The molecule has 1 fully saturated rings. The molecule has 0 saturated heterocycles. The summed E-state index contributed by atoms with van der Waals surface area (Å²) in [6.45, 7) is 2.87. The Balaban J connectivity index is 1.30. The highest BCUT2D eigenvalue weighted by Gasteiger charge is 2.40. The van der Waals surface area contributed by atoms with Crippen LogP contribution >= 0.6 is 22.9 Å². The number of pyridine rings is 2. The second-order valence-electron chi connectivity index (χ2n) is 9.40. The molecule has 1 aliphatic heterocycles. The fraction of sp³-hybridized carbons (Fsp3) is 0.400. The topological polar surface area (TPSA) is 101 Å². The Morgan fingerprint density at radius 1 is 1.17 bits per heavy atom. The quantitative estimate of drug-likeness (QED) is 0.484. The van der Waals surface area contributed by atoms with E-state index in [1.165, 1.54) is 23.7 Å². The van der Waals surface area contributed by atoms with Crippen LogP contribution in [0.15, 0.2) is 24.5 Å². The summed E-state index contributed by atoms with van der Waals surface area (Å²) in [5, 5.41) is 3.70. The molecule has 3 aromatic heterocycles. The Morgan fingerprint density at radius 3 is 2.64 bits per heavy atom. The standard InChI is InChI=1S/C25H27ClN6O3S/c1-13-5-16(17-8-22(26)28-10-20(17)35-4)18(9-27-13)23(33)30-25-29-19-11-32(12-21(19)36-25)24(34)14-6-15(7-14)31(2)3/h5,8-10,14-15H,6-7,11-12H2,1-4H3,(H,29,30,33). The molecule has 0 unspecified atom stereocenters. The number of thiazole rings is 1. The highest BCUT2D eigenvalue weighted by Crippen LogP contribution is 2.38. The number of fused-ring (bicyclic) bond motifs is 1. The first-order valence-corrected chi connectivity index (χ1v) is 12.8. The fourth-order valence-electron chi connectivity index (χ4n) is 4.64. The molecule has 11 heteroatoms. The monoisotopic (exact) mass is 526 g/mol. The minimum Gasteiger partial charge on any atom is -0.494 e. The van der Waals surface area contributed by atoms with Crippen LogP contribution in [0.5, 0.6) is 5.75 Å². The molecule has 0 aromatic carbocycles. The van der Waals surface area contributed by atoms with Crippen molar-refractivity contribution in [2.45, 2.75) is 38.9 Å². The maximum atomic E-state index is 13.3. The van der Waals surface area contributed by atoms with Crippen molar-refractivity contribution in [3.8, 4) is 16.9 Å². The molecule has 1 N–H and O–H groups in total. The van der Waals surface area contributed by atoms with E-state index in [0.717, 1.165) is 29.1 Å². The molecule has 188 valence electrons. The highest BCUT2D eigenvalue weighted by atomic mass is 35.5. The van der Waals surface area contributed by atoms with Gasteiger partial charge in [-0.25, -0.2) is 9.97 Å². The predicted octanol–water partition coefficient (Wildman–Crippen LogP) is 4.01. The third-order valence-corrected chi connectivity index (χ3v) is 8.01. The first kappa shape index (κ1) is 24.6. The average Bonchev–Trinajstić information content (AvgIpc) is 3.36. The number of methoxy groups -OCH3 is 1. The lowest BCUT2D eigenvalue weighted by Gasteiger charge is -2.40. The largest absolute Gasteiger partial charge is 0.494 e. The molecule has 2 aliphatic rings. The lowest BCUT2D eigenvalue weighted by Crippen LogP contribution is -2.47. The number of anilines is 1. The normalized spacial score (nSPS) is 18.7. The maximum Gasteiger partial charge on any atom is 0.259 e. The summed E-state index contributed by atoms with van der Waals surface area (Å²) in [6.07, 6.45) is 4.88. The molecule has 1 saturated carbocycles. The zero-order valence-corrected chi connectivity index (χ0v) is 22.1. The number of rotatable bonds is 6. The summed E-state index contributed by atoms with van der Waals surface area (Å²) in [6, 6.07) is 3.97. The van der Waals surface area contributed by atoms with E-state index in [-0.39, 0.29) is 17.7 Å². The lowest BCUT2D eigenvalue weighted by molar-refractivity contribution is -0.140. The minimum atomic E-state index is -0.336. The van der Waals surface area contributed by atoms with Crippen LogP contribution in [0, 0.1) is 12.8 Å². The zero-order valence-electron chi connectivity index (χ0n) is 20.5. The summed E-state index contributed by atoms with van der Waals surface area (Å²) >= 11 is 7.54. The number of aryl methyl sites for hydroxylation is 1. The molecule has 5 rings (SSSR count). The Kier molecular flexibility index (Phi) is 6.67. The van der Waals surface area contributed by atoms with Gasteiger partial charge < -0.3 is 14.5 Å². The number of hydrogen-bond acceptors (Lipinski definition) is 8. The van der Waals surface area contributed by atoms with E-state index in [0.29, 0.717) is 51.9 Å². The predicted molar refractivity (Wildman–Crippen MR) is 138 cm³/mol. The molecule has 0 atom stereocenters. The average molecular weight is 527 g/mol. The molecule has 2 amide bonds. The number of carbonyl (C=O) groups is 2. The number of amides is 2. The third kappa shape index (κ3) is 4.68. The highest BCUT2D eigenvalue weighted by molar-refractivity contribution is 7.16. The van der Waals surface area contributed by atoms with Crippen LogP contribution in [0.1, 0.15) is 39.5 Å². The summed E-state index contributed by atoms with van der Waals surface area (Å²) in [5.41, 5.74) is 3.25. The van der Waals surface area contributed by atoms with Crippen molar-refractivity contribution in [3.63, 3.8) is 0 Å². The number of nitrogens with one attached hydrogen (secondary N) is 1. The zero-order chi connectivity index (χ0) is 25.6. The van der Waals surface area contributed by atoms with E-state index in [1.54, 1.807) is 13.2 Å². The molecule has 3 aromatic rings. The minimum absolute atomic E-state index is 0.0942. The lowest BCUT2D eigenvalue weighted by atomic mass is 9.78. The van der Waals surface area contributed by atoms with Gasteiger partial charge in [-0.05, 0) is 46.0 Å². The molecule has 0 bridgehead atoms. The molecule has 36 heavy (non-hydrogen) atoms. The van der Waals surface area contributed by atoms with Crippen LogP contribution in [0.3, 0.4) is 0 Å². The van der Waals surface area contributed by atoms with Crippen molar-refractivity contribution in [3.05, 3.63) is 51.5 Å². The van der Waals surface area contributed by atoms with E-state index in [9.17, 15) is 9.59 Å². The van der Waals surface area contributed by atoms with Gasteiger partial charge >= 0.3 is 0 Å². The van der Waals surface area contributed by atoms with Crippen LogP contribution in [-0.4, -0.2) is 63.8 Å². The number of aromatic nitrogens is 3. The fourth-order valence-corrected chi connectivity index (χ4v) is 5.78. The van der Waals surface area contributed by atoms with E-state index in [1.807, 2.05) is 17.9 Å². The number of carbonyl (C=O) groups excluding carboxylic acids is 2. The molecular weight excluding hydrogens is 500 g/mol. The van der Waals surface area contributed by atoms with Crippen LogP contribution < -0.4 is 10.1 Å². The maximum absolute atomic E-state index is 13.3. The Bertz CT molecular complexity index is 1310. The molecule has 0 radical (unpaired) electrons.